The number of aromatic nitrogens is 1. The summed E-state index contributed by atoms with van der Waals surface area (Å²) in [5.41, 5.74) is 4.03. The van der Waals surface area contributed by atoms with E-state index in [1.165, 1.54) is 4.90 Å². The van der Waals surface area contributed by atoms with Gasteiger partial charge in [-0.2, -0.15) is 0 Å². The third-order valence-electron chi connectivity index (χ3n) is 5.13. The number of nitrogens with one attached hydrogen (secondary N) is 1. The predicted molar refractivity (Wildman–Crippen MR) is 98.5 cm³/mol. The van der Waals surface area contributed by atoms with Crippen molar-refractivity contribution in [2.75, 3.05) is 36.4 Å². The Balaban J connectivity index is 1.63. The van der Waals surface area contributed by atoms with Gasteiger partial charge in [-0.15, -0.1) is 0 Å². The summed E-state index contributed by atoms with van der Waals surface area (Å²) >= 11 is 0. The molecular formula is C19H20N4O3. The Kier molecular flexibility index (Phi) is 3.99. The lowest BCUT2D eigenvalue weighted by Crippen LogP contribution is -2.48. The zero-order chi connectivity index (χ0) is 18.3. The van der Waals surface area contributed by atoms with Crippen LogP contribution in [-0.2, 0) is 4.79 Å². The largest absolute Gasteiger partial charge is 0.465 e. The van der Waals surface area contributed by atoms with Crippen molar-refractivity contribution >= 4 is 23.5 Å². The van der Waals surface area contributed by atoms with E-state index in [1.54, 1.807) is 6.20 Å². The fourth-order valence-corrected chi connectivity index (χ4v) is 3.65. The molecule has 7 nitrogen and oxygen atoms in total. The highest BCUT2D eigenvalue weighted by Gasteiger charge is 2.30. The topological polar surface area (TPSA) is 85.8 Å². The number of fused-ring (bicyclic) bond motifs is 1. The Bertz CT molecular complexity index is 875. The van der Waals surface area contributed by atoms with Gasteiger partial charge < -0.3 is 20.2 Å². The smallest absolute Gasteiger partial charge is 0.407 e. The standard InChI is InChI=1S/C19H20N4O3/c1-12-16-15(5-6-20-17(16)21-18(12)24)13-3-2-4-14(11-13)22-7-9-23(10-8-22)19(25)26/h2-6,11-12H,7-10H2,1H3,(H,25,26)(H,20,21,24). The molecule has 2 aliphatic rings. The van der Waals surface area contributed by atoms with E-state index in [1.807, 2.05) is 31.2 Å². The second-order valence-corrected chi connectivity index (χ2v) is 6.64. The van der Waals surface area contributed by atoms with E-state index in [4.69, 9.17) is 5.11 Å². The summed E-state index contributed by atoms with van der Waals surface area (Å²) in [5.74, 6) is 0.387. The lowest BCUT2D eigenvalue weighted by Gasteiger charge is -2.34. The molecule has 1 atom stereocenters. The monoisotopic (exact) mass is 352 g/mol. The highest BCUT2D eigenvalue weighted by molar-refractivity contribution is 6.04. The average molecular weight is 352 g/mol. The van der Waals surface area contributed by atoms with Crippen molar-refractivity contribution in [3.63, 3.8) is 0 Å². The molecule has 2 amide bonds. The van der Waals surface area contributed by atoms with Gasteiger partial charge >= 0.3 is 6.09 Å². The van der Waals surface area contributed by atoms with Crippen LogP contribution in [0.15, 0.2) is 36.5 Å². The normalized spacial score (nSPS) is 19.3. The van der Waals surface area contributed by atoms with Crippen molar-refractivity contribution in [1.82, 2.24) is 9.88 Å². The molecule has 7 heteroatoms. The van der Waals surface area contributed by atoms with Gasteiger partial charge in [0.25, 0.3) is 0 Å². The summed E-state index contributed by atoms with van der Waals surface area (Å²) in [7, 11) is 0. The van der Waals surface area contributed by atoms with Crippen LogP contribution in [-0.4, -0.2) is 53.2 Å². The molecule has 1 unspecified atom stereocenters. The molecule has 0 radical (unpaired) electrons. The molecule has 1 aromatic carbocycles. The summed E-state index contributed by atoms with van der Waals surface area (Å²) in [4.78, 5) is 31.0. The lowest BCUT2D eigenvalue weighted by atomic mass is 9.94. The quantitative estimate of drug-likeness (QED) is 0.868. The van der Waals surface area contributed by atoms with Crippen molar-refractivity contribution in [3.05, 3.63) is 42.1 Å². The molecule has 2 aliphatic heterocycles. The minimum atomic E-state index is -0.864. The zero-order valence-corrected chi connectivity index (χ0v) is 14.5. The number of amides is 2. The fourth-order valence-electron chi connectivity index (χ4n) is 3.65. The lowest BCUT2D eigenvalue weighted by molar-refractivity contribution is -0.116. The van der Waals surface area contributed by atoms with Gasteiger partial charge in [0.1, 0.15) is 5.82 Å². The van der Waals surface area contributed by atoms with Gasteiger partial charge in [0.05, 0.1) is 5.92 Å². The van der Waals surface area contributed by atoms with E-state index < -0.39 is 6.09 Å². The van der Waals surface area contributed by atoms with Crippen molar-refractivity contribution in [3.8, 4) is 11.1 Å². The molecule has 0 saturated carbocycles. The third kappa shape index (κ3) is 2.75. The van der Waals surface area contributed by atoms with Crippen LogP contribution in [0, 0.1) is 0 Å². The molecule has 0 spiro atoms. The number of pyridine rings is 1. The number of hydrogen-bond donors (Lipinski definition) is 2. The number of piperazine rings is 1. The number of rotatable bonds is 2. The van der Waals surface area contributed by atoms with Crippen LogP contribution in [0.4, 0.5) is 16.3 Å². The second kappa shape index (κ2) is 6.33. The highest BCUT2D eigenvalue weighted by atomic mass is 16.4. The summed E-state index contributed by atoms with van der Waals surface area (Å²) in [5, 5.41) is 11.9. The van der Waals surface area contributed by atoms with Crippen LogP contribution in [0.5, 0.6) is 0 Å². The molecule has 134 valence electrons. The predicted octanol–water partition coefficient (Wildman–Crippen LogP) is 2.60. The number of hydrogen-bond acceptors (Lipinski definition) is 4. The number of carboxylic acid groups (broad SMARTS) is 1. The first-order valence-corrected chi connectivity index (χ1v) is 8.67. The number of carbonyl (C=O) groups is 2. The van der Waals surface area contributed by atoms with Gasteiger partial charge in [0, 0.05) is 43.6 Å². The Morgan fingerprint density at radius 1 is 1.23 bits per heavy atom. The molecule has 2 N–H and O–H groups in total. The number of carbonyl (C=O) groups excluding carboxylic acids is 1. The van der Waals surface area contributed by atoms with Gasteiger partial charge in [-0.05, 0) is 36.2 Å². The number of benzene rings is 1. The van der Waals surface area contributed by atoms with Gasteiger partial charge in [-0.3, -0.25) is 4.79 Å². The van der Waals surface area contributed by atoms with E-state index in [-0.39, 0.29) is 11.8 Å². The minimum Gasteiger partial charge on any atom is -0.465 e. The van der Waals surface area contributed by atoms with Crippen molar-refractivity contribution in [2.24, 2.45) is 0 Å². The van der Waals surface area contributed by atoms with E-state index in [0.717, 1.165) is 22.4 Å². The number of nitrogens with zero attached hydrogens (tertiary/aromatic N) is 3. The van der Waals surface area contributed by atoms with Crippen LogP contribution in [0.25, 0.3) is 11.1 Å². The van der Waals surface area contributed by atoms with Crippen LogP contribution in [0.2, 0.25) is 0 Å². The van der Waals surface area contributed by atoms with E-state index in [9.17, 15) is 9.59 Å². The Hall–Kier alpha value is -3.09. The summed E-state index contributed by atoms with van der Waals surface area (Å²) in [6.07, 6.45) is 0.849. The maximum Gasteiger partial charge on any atom is 0.407 e. The average Bonchev–Trinajstić information content (AvgIpc) is 2.96. The zero-order valence-electron chi connectivity index (χ0n) is 14.5. The van der Waals surface area contributed by atoms with Gasteiger partial charge in [0.2, 0.25) is 5.91 Å². The maximum absolute atomic E-state index is 12.0. The van der Waals surface area contributed by atoms with E-state index in [2.05, 4.69) is 21.3 Å². The third-order valence-corrected chi connectivity index (χ3v) is 5.13. The van der Waals surface area contributed by atoms with Gasteiger partial charge in [0.15, 0.2) is 0 Å². The van der Waals surface area contributed by atoms with Gasteiger partial charge in [-0.25, -0.2) is 9.78 Å². The Morgan fingerprint density at radius 2 is 2.00 bits per heavy atom. The molecule has 1 aromatic heterocycles. The summed E-state index contributed by atoms with van der Waals surface area (Å²) in [6, 6.07) is 10.1. The van der Waals surface area contributed by atoms with Crippen LogP contribution >= 0.6 is 0 Å². The molecule has 26 heavy (non-hydrogen) atoms. The first-order valence-electron chi connectivity index (χ1n) is 8.67. The number of anilines is 2. The van der Waals surface area contributed by atoms with E-state index in [0.29, 0.717) is 32.0 Å². The van der Waals surface area contributed by atoms with Crippen molar-refractivity contribution in [1.29, 1.82) is 0 Å². The fraction of sp³-hybridized carbons (Fsp3) is 0.316. The van der Waals surface area contributed by atoms with Crippen molar-refractivity contribution in [2.45, 2.75) is 12.8 Å². The van der Waals surface area contributed by atoms with Crippen molar-refractivity contribution < 1.29 is 14.7 Å². The summed E-state index contributed by atoms with van der Waals surface area (Å²) < 4.78 is 0. The first-order chi connectivity index (χ1) is 12.5. The SMILES string of the molecule is CC1C(=O)Nc2nccc(-c3cccc(N4CCN(C(=O)O)CC4)c3)c21. The molecule has 1 saturated heterocycles. The van der Waals surface area contributed by atoms with Crippen LogP contribution < -0.4 is 10.2 Å². The molecule has 0 aliphatic carbocycles. The molecule has 3 heterocycles. The molecule has 4 rings (SSSR count). The highest BCUT2D eigenvalue weighted by Crippen LogP contribution is 2.39. The Labute approximate surface area is 151 Å². The first kappa shape index (κ1) is 16.4. The second-order valence-electron chi connectivity index (χ2n) is 6.64. The minimum absolute atomic E-state index is 0.0269. The van der Waals surface area contributed by atoms with Crippen LogP contribution in [0.1, 0.15) is 18.4 Å². The molecule has 1 fully saturated rings. The van der Waals surface area contributed by atoms with Crippen LogP contribution in [0.3, 0.4) is 0 Å². The summed E-state index contributed by atoms with van der Waals surface area (Å²) in [6.45, 7) is 4.22. The Morgan fingerprint density at radius 3 is 2.73 bits per heavy atom. The molecular weight excluding hydrogens is 332 g/mol. The molecule has 2 aromatic rings. The molecule has 0 bridgehead atoms. The van der Waals surface area contributed by atoms with Gasteiger partial charge in [-0.1, -0.05) is 12.1 Å². The van der Waals surface area contributed by atoms with E-state index >= 15 is 0 Å². The maximum atomic E-state index is 12.0.